The van der Waals surface area contributed by atoms with E-state index in [2.05, 4.69) is 27.4 Å². The Morgan fingerprint density at radius 1 is 1.12 bits per heavy atom. The SMILES string of the molecule is CCN1CCCC(CNC(=NC)NCCCOC2CCCCC2)C1. The highest BCUT2D eigenvalue weighted by Crippen LogP contribution is 2.20. The summed E-state index contributed by atoms with van der Waals surface area (Å²) in [7, 11) is 1.85. The lowest BCUT2D eigenvalue weighted by Crippen LogP contribution is -2.44. The van der Waals surface area contributed by atoms with Gasteiger partial charge in [0, 0.05) is 33.3 Å². The van der Waals surface area contributed by atoms with E-state index in [1.807, 2.05) is 7.05 Å². The fraction of sp³-hybridized carbons (Fsp3) is 0.947. The standard InChI is InChI=1S/C19H38N4O/c1-3-23-13-7-9-17(16-23)15-22-19(20-2)21-12-8-14-24-18-10-5-4-6-11-18/h17-18H,3-16H2,1-2H3,(H2,20,21,22). The lowest BCUT2D eigenvalue weighted by atomic mass is 9.98. The minimum absolute atomic E-state index is 0.518. The Morgan fingerprint density at radius 3 is 2.71 bits per heavy atom. The average molecular weight is 339 g/mol. The molecule has 1 atom stereocenters. The fourth-order valence-corrected chi connectivity index (χ4v) is 3.83. The minimum atomic E-state index is 0.518. The summed E-state index contributed by atoms with van der Waals surface area (Å²) >= 11 is 0. The molecule has 2 aliphatic rings. The van der Waals surface area contributed by atoms with E-state index in [1.54, 1.807) is 0 Å². The maximum atomic E-state index is 5.97. The number of rotatable bonds is 8. The number of hydrogen-bond donors (Lipinski definition) is 2. The van der Waals surface area contributed by atoms with Crippen molar-refractivity contribution < 1.29 is 4.74 Å². The second-order valence-electron chi connectivity index (χ2n) is 7.27. The van der Waals surface area contributed by atoms with Gasteiger partial charge in [-0.2, -0.15) is 0 Å². The Kier molecular flexibility index (Phi) is 9.51. The third-order valence-electron chi connectivity index (χ3n) is 5.35. The Morgan fingerprint density at radius 2 is 1.96 bits per heavy atom. The van der Waals surface area contributed by atoms with Gasteiger partial charge in [-0.25, -0.2) is 0 Å². The van der Waals surface area contributed by atoms with Crippen molar-refractivity contribution in [1.29, 1.82) is 0 Å². The molecule has 2 rings (SSSR count). The van der Waals surface area contributed by atoms with Crippen LogP contribution in [0.4, 0.5) is 0 Å². The second-order valence-corrected chi connectivity index (χ2v) is 7.27. The number of piperidine rings is 1. The Hall–Kier alpha value is -0.810. The summed E-state index contributed by atoms with van der Waals surface area (Å²) in [5, 5.41) is 6.91. The van der Waals surface area contributed by atoms with Crippen molar-refractivity contribution in [3.8, 4) is 0 Å². The summed E-state index contributed by atoms with van der Waals surface area (Å²) in [6, 6.07) is 0. The van der Waals surface area contributed by atoms with Gasteiger partial charge in [0.25, 0.3) is 0 Å². The fourth-order valence-electron chi connectivity index (χ4n) is 3.83. The zero-order chi connectivity index (χ0) is 17.0. The first-order valence-corrected chi connectivity index (χ1v) is 10.1. The van der Waals surface area contributed by atoms with E-state index in [4.69, 9.17) is 4.74 Å². The van der Waals surface area contributed by atoms with E-state index in [0.29, 0.717) is 6.10 Å². The van der Waals surface area contributed by atoms with E-state index < -0.39 is 0 Å². The van der Waals surface area contributed by atoms with Crippen LogP contribution in [0.1, 0.15) is 58.3 Å². The smallest absolute Gasteiger partial charge is 0.190 e. The molecule has 0 aromatic heterocycles. The van der Waals surface area contributed by atoms with Crippen LogP contribution in [0.2, 0.25) is 0 Å². The van der Waals surface area contributed by atoms with Gasteiger partial charge in [-0.3, -0.25) is 4.99 Å². The number of aliphatic imine (C=N–C) groups is 1. The summed E-state index contributed by atoms with van der Waals surface area (Å²) in [4.78, 5) is 6.89. The van der Waals surface area contributed by atoms with Gasteiger partial charge in [0.2, 0.25) is 0 Å². The molecule has 1 aliphatic carbocycles. The summed E-state index contributed by atoms with van der Waals surface area (Å²) in [6.45, 7) is 8.72. The highest BCUT2D eigenvalue weighted by Gasteiger charge is 2.18. The van der Waals surface area contributed by atoms with Gasteiger partial charge in [0.1, 0.15) is 0 Å². The lowest BCUT2D eigenvalue weighted by Gasteiger charge is -2.32. The topological polar surface area (TPSA) is 48.9 Å². The Balaban J connectivity index is 1.52. The first-order chi connectivity index (χ1) is 11.8. The zero-order valence-corrected chi connectivity index (χ0v) is 15.9. The number of guanidine groups is 1. The van der Waals surface area contributed by atoms with Crippen molar-refractivity contribution in [3.63, 3.8) is 0 Å². The maximum absolute atomic E-state index is 5.97. The van der Waals surface area contributed by atoms with Crippen LogP contribution in [0, 0.1) is 5.92 Å². The molecule has 2 fully saturated rings. The molecule has 1 saturated heterocycles. The van der Waals surface area contributed by atoms with Crippen LogP contribution in [0.15, 0.2) is 4.99 Å². The average Bonchev–Trinajstić information content (AvgIpc) is 2.65. The number of nitrogens with one attached hydrogen (secondary N) is 2. The third kappa shape index (κ3) is 7.39. The zero-order valence-electron chi connectivity index (χ0n) is 15.9. The van der Waals surface area contributed by atoms with Crippen LogP contribution in [0.5, 0.6) is 0 Å². The van der Waals surface area contributed by atoms with Crippen LogP contribution >= 0.6 is 0 Å². The van der Waals surface area contributed by atoms with Gasteiger partial charge in [-0.1, -0.05) is 26.2 Å². The molecule has 0 aromatic carbocycles. The molecular formula is C19H38N4O. The quantitative estimate of drug-likeness (QED) is 0.406. The van der Waals surface area contributed by atoms with Crippen LogP contribution in [0.25, 0.3) is 0 Å². The molecule has 0 radical (unpaired) electrons. The van der Waals surface area contributed by atoms with Crippen molar-refractivity contribution in [2.75, 3.05) is 46.4 Å². The number of hydrogen-bond acceptors (Lipinski definition) is 3. The third-order valence-corrected chi connectivity index (χ3v) is 5.35. The minimum Gasteiger partial charge on any atom is -0.378 e. The van der Waals surface area contributed by atoms with Gasteiger partial charge in [-0.05, 0) is 51.1 Å². The highest BCUT2D eigenvalue weighted by atomic mass is 16.5. The highest BCUT2D eigenvalue weighted by molar-refractivity contribution is 5.79. The van der Waals surface area contributed by atoms with E-state index in [1.165, 1.54) is 64.6 Å². The molecule has 0 bridgehead atoms. The predicted molar refractivity (Wildman–Crippen MR) is 102 cm³/mol. The molecule has 140 valence electrons. The van der Waals surface area contributed by atoms with Gasteiger partial charge in [0.15, 0.2) is 5.96 Å². The van der Waals surface area contributed by atoms with E-state index in [9.17, 15) is 0 Å². The lowest BCUT2D eigenvalue weighted by molar-refractivity contribution is 0.0277. The van der Waals surface area contributed by atoms with Crippen LogP contribution in [0.3, 0.4) is 0 Å². The van der Waals surface area contributed by atoms with Crippen molar-refractivity contribution in [2.45, 2.75) is 64.4 Å². The van der Waals surface area contributed by atoms with Gasteiger partial charge in [0.05, 0.1) is 6.10 Å². The molecule has 5 nitrogen and oxygen atoms in total. The molecule has 1 aliphatic heterocycles. The number of likely N-dealkylation sites (tertiary alicyclic amines) is 1. The van der Waals surface area contributed by atoms with Crippen LogP contribution < -0.4 is 10.6 Å². The second kappa shape index (κ2) is 11.7. The monoisotopic (exact) mass is 338 g/mol. The molecule has 0 aromatic rings. The molecular weight excluding hydrogens is 300 g/mol. The maximum Gasteiger partial charge on any atom is 0.190 e. The molecule has 0 amide bonds. The van der Waals surface area contributed by atoms with E-state index in [-0.39, 0.29) is 0 Å². The molecule has 5 heteroatoms. The van der Waals surface area contributed by atoms with Gasteiger partial charge >= 0.3 is 0 Å². The van der Waals surface area contributed by atoms with Crippen molar-refractivity contribution in [2.24, 2.45) is 10.9 Å². The molecule has 1 unspecified atom stereocenters. The summed E-state index contributed by atoms with van der Waals surface area (Å²) < 4.78 is 5.97. The van der Waals surface area contributed by atoms with E-state index >= 15 is 0 Å². The molecule has 2 N–H and O–H groups in total. The van der Waals surface area contributed by atoms with Crippen LogP contribution in [-0.4, -0.2) is 63.3 Å². The predicted octanol–water partition coefficient (Wildman–Crippen LogP) is 2.62. The Bertz CT molecular complexity index is 355. The molecule has 1 heterocycles. The van der Waals surface area contributed by atoms with Crippen molar-refractivity contribution in [1.82, 2.24) is 15.5 Å². The van der Waals surface area contributed by atoms with Crippen molar-refractivity contribution >= 4 is 5.96 Å². The summed E-state index contributed by atoms with van der Waals surface area (Å²) in [5.74, 6) is 1.67. The first-order valence-electron chi connectivity index (χ1n) is 10.1. The summed E-state index contributed by atoms with van der Waals surface area (Å²) in [5.41, 5.74) is 0. The summed E-state index contributed by atoms with van der Waals surface area (Å²) in [6.07, 6.45) is 10.8. The van der Waals surface area contributed by atoms with Crippen LogP contribution in [-0.2, 0) is 4.74 Å². The molecule has 24 heavy (non-hydrogen) atoms. The normalized spacial score (nSPS) is 24.1. The van der Waals surface area contributed by atoms with Gasteiger partial charge in [-0.15, -0.1) is 0 Å². The number of ether oxygens (including phenoxy) is 1. The number of nitrogens with zero attached hydrogens (tertiary/aromatic N) is 2. The Labute approximate surface area is 148 Å². The molecule has 0 spiro atoms. The van der Waals surface area contributed by atoms with Crippen molar-refractivity contribution in [3.05, 3.63) is 0 Å². The molecule has 1 saturated carbocycles. The first kappa shape index (κ1) is 19.5. The van der Waals surface area contributed by atoms with Gasteiger partial charge < -0.3 is 20.3 Å². The van der Waals surface area contributed by atoms with E-state index in [0.717, 1.165) is 38.0 Å². The largest absolute Gasteiger partial charge is 0.378 e.